The minimum Gasteiger partial charge on any atom is -0.389 e. The van der Waals surface area contributed by atoms with Crippen LogP contribution in [0.2, 0.25) is 0 Å². The largest absolute Gasteiger partial charge is 0.389 e. The van der Waals surface area contributed by atoms with Crippen molar-refractivity contribution < 1.29 is 14.7 Å². The second kappa shape index (κ2) is 3.75. The van der Waals surface area contributed by atoms with E-state index < -0.39 is 6.10 Å². The van der Waals surface area contributed by atoms with Crippen LogP contribution in [0, 0.1) is 0 Å². The topological polar surface area (TPSA) is 62.5 Å². The van der Waals surface area contributed by atoms with Crippen LogP contribution in [-0.2, 0) is 7.05 Å². The van der Waals surface area contributed by atoms with Crippen LogP contribution in [0.3, 0.4) is 0 Å². The molecular weight excluding hydrogens is 208 g/mol. The molecule has 0 atom stereocenters. The van der Waals surface area contributed by atoms with E-state index in [1.165, 1.54) is 6.92 Å². The maximum atomic E-state index is 11.9. The monoisotopic (exact) mass is 222 g/mol. The molecule has 0 bridgehead atoms. The van der Waals surface area contributed by atoms with Crippen molar-refractivity contribution in [2.75, 3.05) is 13.1 Å². The van der Waals surface area contributed by atoms with Crippen molar-refractivity contribution in [1.29, 1.82) is 0 Å². The Morgan fingerprint density at radius 2 is 2.06 bits per heavy atom. The standard InChI is InChI=1S/C11H14N2O3/c1-7(14)8-3-10(12(2)4-8)11(16)13-5-9(15)6-13/h3-4,9,15H,5-6H2,1-2H3. The van der Waals surface area contributed by atoms with Crippen LogP contribution in [0.15, 0.2) is 12.3 Å². The third-order valence-electron chi connectivity index (χ3n) is 2.78. The lowest BCUT2D eigenvalue weighted by Crippen LogP contribution is -2.53. The molecule has 0 aromatic carbocycles. The SMILES string of the molecule is CC(=O)c1cc(C(=O)N2CC(O)C2)n(C)c1. The summed E-state index contributed by atoms with van der Waals surface area (Å²) in [7, 11) is 1.73. The van der Waals surface area contributed by atoms with Crippen LogP contribution >= 0.6 is 0 Å². The Morgan fingerprint density at radius 3 is 2.50 bits per heavy atom. The van der Waals surface area contributed by atoms with Crippen LogP contribution in [0.1, 0.15) is 27.8 Å². The first-order chi connectivity index (χ1) is 7.49. The quantitative estimate of drug-likeness (QED) is 0.719. The Bertz CT molecular complexity index is 444. The molecule has 1 saturated heterocycles. The summed E-state index contributed by atoms with van der Waals surface area (Å²) >= 11 is 0. The van der Waals surface area contributed by atoms with E-state index >= 15 is 0 Å². The lowest BCUT2D eigenvalue weighted by atomic mass is 10.1. The number of carbonyl (C=O) groups is 2. The number of rotatable bonds is 2. The van der Waals surface area contributed by atoms with Crippen LogP contribution in [0.25, 0.3) is 0 Å². The van der Waals surface area contributed by atoms with Gasteiger partial charge in [-0.2, -0.15) is 0 Å². The first-order valence-corrected chi connectivity index (χ1v) is 5.13. The smallest absolute Gasteiger partial charge is 0.270 e. The molecular formula is C11H14N2O3. The maximum absolute atomic E-state index is 11.9. The number of ketones is 1. The van der Waals surface area contributed by atoms with Gasteiger partial charge in [-0.1, -0.05) is 0 Å². The summed E-state index contributed by atoms with van der Waals surface area (Å²) < 4.78 is 1.64. The Balaban J connectivity index is 2.20. The first kappa shape index (κ1) is 10.9. The number of Topliss-reactive ketones (excluding diaryl/α,β-unsaturated/α-hetero) is 1. The van der Waals surface area contributed by atoms with Crippen LogP contribution in [0.4, 0.5) is 0 Å². The van der Waals surface area contributed by atoms with Crippen molar-refractivity contribution in [2.45, 2.75) is 13.0 Å². The van der Waals surface area contributed by atoms with Gasteiger partial charge in [-0.15, -0.1) is 0 Å². The number of nitrogens with zero attached hydrogens (tertiary/aromatic N) is 2. The maximum Gasteiger partial charge on any atom is 0.270 e. The van der Waals surface area contributed by atoms with E-state index in [-0.39, 0.29) is 11.7 Å². The molecule has 0 spiro atoms. The Labute approximate surface area is 93.3 Å². The van der Waals surface area contributed by atoms with E-state index in [4.69, 9.17) is 5.11 Å². The normalized spacial score (nSPS) is 16.1. The van der Waals surface area contributed by atoms with Crippen LogP contribution in [0.5, 0.6) is 0 Å². The van der Waals surface area contributed by atoms with Crippen molar-refractivity contribution in [3.05, 3.63) is 23.5 Å². The molecule has 1 aliphatic heterocycles. The molecule has 0 saturated carbocycles. The van der Waals surface area contributed by atoms with E-state index in [1.807, 2.05) is 0 Å². The number of likely N-dealkylation sites (tertiary alicyclic amines) is 1. The summed E-state index contributed by atoms with van der Waals surface area (Å²) in [4.78, 5) is 24.6. The average Bonchev–Trinajstić information content (AvgIpc) is 2.55. The highest BCUT2D eigenvalue weighted by Gasteiger charge is 2.30. The highest BCUT2D eigenvalue weighted by molar-refractivity contribution is 5.99. The minimum atomic E-state index is -0.406. The molecule has 2 heterocycles. The molecule has 1 N–H and O–H groups in total. The van der Waals surface area contributed by atoms with E-state index in [1.54, 1.807) is 28.8 Å². The van der Waals surface area contributed by atoms with E-state index in [2.05, 4.69) is 0 Å². The Morgan fingerprint density at radius 1 is 1.44 bits per heavy atom. The van der Waals surface area contributed by atoms with Gasteiger partial charge in [0.1, 0.15) is 5.69 Å². The van der Waals surface area contributed by atoms with E-state index in [9.17, 15) is 9.59 Å². The zero-order chi connectivity index (χ0) is 11.9. The van der Waals surface area contributed by atoms with Gasteiger partial charge in [0.25, 0.3) is 5.91 Å². The average molecular weight is 222 g/mol. The van der Waals surface area contributed by atoms with Crippen molar-refractivity contribution >= 4 is 11.7 Å². The molecule has 1 aromatic rings. The zero-order valence-electron chi connectivity index (χ0n) is 9.30. The molecule has 0 unspecified atom stereocenters. The number of hydrogen-bond acceptors (Lipinski definition) is 3. The third-order valence-corrected chi connectivity index (χ3v) is 2.78. The molecule has 2 rings (SSSR count). The Kier molecular flexibility index (Phi) is 2.55. The summed E-state index contributed by atoms with van der Waals surface area (Å²) in [5, 5.41) is 9.12. The van der Waals surface area contributed by atoms with Gasteiger partial charge in [0, 0.05) is 31.9 Å². The van der Waals surface area contributed by atoms with Gasteiger partial charge in [0.2, 0.25) is 0 Å². The van der Waals surface area contributed by atoms with Crippen LogP contribution < -0.4 is 0 Å². The fourth-order valence-corrected chi connectivity index (χ4v) is 1.75. The second-order valence-corrected chi connectivity index (χ2v) is 4.15. The predicted octanol–water partition coefficient (Wildman–Crippen LogP) is 0.0444. The predicted molar refractivity (Wildman–Crippen MR) is 57.3 cm³/mol. The van der Waals surface area contributed by atoms with Crippen molar-refractivity contribution in [3.63, 3.8) is 0 Å². The number of aromatic nitrogens is 1. The highest BCUT2D eigenvalue weighted by atomic mass is 16.3. The van der Waals surface area contributed by atoms with Gasteiger partial charge >= 0.3 is 0 Å². The molecule has 0 radical (unpaired) electrons. The van der Waals surface area contributed by atoms with Crippen molar-refractivity contribution in [3.8, 4) is 0 Å². The molecule has 16 heavy (non-hydrogen) atoms. The Hall–Kier alpha value is -1.62. The van der Waals surface area contributed by atoms with Gasteiger partial charge in [0.15, 0.2) is 5.78 Å². The fourth-order valence-electron chi connectivity index (χ4n) is 1.75. The van der Waals surface area contributed by atoms with Gasteiger partial charge in [0.05, 0.1) is 6.10 Å². The van der Waals surface area contributed by atoms with Gasteiger partial charge in [-0.3, -0.25) is 9.59 Å². The summed E-state index contributed by atoms with van der Waals surface area (Å²) in [5.74, 6) is -0.196. The molecule has 1 aromatic heterocycles. The zero-order valence-corrected chi connectivity index (χ0v) is 9.30. The third kappa shape index (κ3) is 1.74. The molecule has 1 fully saturated rings. The molecule has 1 amide bonds. The van der Waals surface area contributed by atoms with Crippen molar-refractivity contribution in [2.24, 2.45) is 7.05 Å². The molecule has 86 valence electrons. The van der Waals surface area contributed by atoms with Gasteiger partial charge in [-0.05, 0) is 13.0 Å². The number of β-amino-alcohol motifs (C(OH)–C–C–N with tert-alkyl or cyclic N) is 1. The van der Waals surface area contributed by atoms with Crippen LogP contribution in [-0.4, -0.2) is 45.5 Å². The highest BCUT2D eigenvalue weighted by Crippen LogP contribution is 2.15. The minimum absolute atomic E-state index is 0.0571. The number of carbonyl (C=O) groups excluding carboxylic acids is 2. The lowest BCUT2D eigenvalue weighted by molar-refractivity contribution is 0.00526. The summed E-state index contributed by atoms with van der Waals surface area (Å²) in [5.41, 5.74) is 1.02. The summed E-state index contributed by atoms with van der Waals surface area (Å²) in [6, 6.07) is 1.59. The summed E-state index contributed by atoms with van der Waals surface area (Å²) in [6.45, 7) is 2.22. The second-order valence-electron chi connectivity index (χ2n) is 4.15. The van der Waals surface area contributed by atoms with Crippen molar-refractivity contribution in [1.82, 2.24) is 9.47 Å². The van der Waals surface area contributed by atoms with E-state index in [0.717, 1.165) is 0 Å². The number of amides is 1. The fraction of sp³-hybridized carbons (Fsp3) is 0.455. The number of aliphatic hydroxyl groups is 1. The molecule has 5 nitrogen and oxygen atoms in total. The molecule has 1 aliphatic rings. The summed E-state index contributed by atoms with van der Waals surface area (Å²) in [6.07, 6.45) is 1.24. The van der Waals surface area contributed by atoms with Gasteiger partial charge < -0.3 is 14.6 Å². The molecule has 0 aliphatic carbocycles. The number of aryl methyl sites for hydroxylation is 1. The molecule has 5 heteroatoms. The number of aliphatic hydroxyl groups excluding tert-OH is 1. The lowest BCUT2D eigenvalue weighted by Gasteiger charge is -2.35. The van der Waals surface area contributed by atoms with Gasteiger partial charge in [-0.25, -0.2) is 0 Å². The number of hydrogen-bond donors (Lipinski definition) is 1. The van der Waals surface area contributed by atoms with E-state index in [0.29, 0.717) is 24.3 Å². The first-order valence-electron chi connectivity index (χ1n) is 5.13.